The van der Waals surface area contributed by atoms with Crippen LogP contribution in [-0.2, 0) is 13.2 Å². The third-order valence-corrected chi connectivity index (χ3v) is 5.17. The van der Waals surface area contributed by atoms with Crippen molar-refractivity contribution in [2.75, 3.05) is 5.32 Å². The maximum Gasteiger partial charge on any atom is 0.435 e. The van der Waals surface area contributed by atoms with Crippen molar-refractivity contribution >= 4 is 11.6 Å². The molecule has 0 saturated heterocycles. The van der Waals surface area contributed by atoms with Gasteiger partial charge in [0.2, 0.25) is 0 Å². The Morgan fingerprint density at radius 1 is 1.38 bits per heavy atom. The van der Waals surface area contributed by atoms with E-state index in [9.17, 15) is 18.0 Å². The molecule has 1 aliphatic rings. The van der Waals surface area contributed by atoms with Crippen molar-refractivity contribution in [2.24, 2.45) is 18.9 Å². The SMILES string of the molecule is CCC(C)C1CC1c1ccccc1NC(=O)c1cn(C)nc1C(F)(F)F. The first kappa shape index (κ1) is 18.5. The fourth-order valence-electron chi connectivity index (χ4n) is 3.49. The third kappa shape index (κ3) is 3.61. The van der Waals surface area contributed by atoms with Crippen LogP contribution in [-0.4, -0.2) is 15.7 Å². The van der Waals surface area contributed by atoms with Crippen LogP contribution < -0.4 is 5.32 Å². The largest absolute Gasteiger partial charge is 0.435 e. The van der Waals surface area contributed by atoms with Crippen LogP contribution in [0.5, 0.6) is 0 Å². The first-order valence-electron chi connectivity index (χ1n) is 8.73. The van der Waals surface area contributed by atoms with Gasteiger partial charge in [-0.15, -0.1) is 0 Å². The number of carbonyl (C=O) groups excluding carboxylic acids is 1. The second-order valence-electron chi connectivity index (χ2n) is 7.00. The molecule has 7 heteroatoms. The van der Waals surface area contributed by atoms with Crippen molar-refractivity contribution in [3.8, 4) is 0 Å². The Labute approximate surface area is 150 Å². The second kappa shape index (κ2) is 6.78. The van der Waals surface area contributed by atoms with Gasteiger partial charge in [-0.05, 0) is 35.8 Å². The summed E-state index contributed by atoms with van der Waals surface area (Å²) in [5.74, 6) is 0.692. The number of carbonyl (C=O) groups is 1. The lowest BCUT2D eigenvalue weighted by molar-refractivity contribution is -0.141. The molecule has 26 heavy (non-hydrogen) atoms. The predicted molar refractivity (Wildman–Crippen MR) is 92.9 cm³/mol. The van der Waals surface area contributed by atoms with Crippen LogP contribution in [0, 0.1) is 11.8 Å². The monoisotopic (exact) mass is 365 g/mol. The summed E-state index contributed by atoms with van der Waals surface area (Å²) in [6.07, 6.45) is -1.45. The molecule has 0 radical (unpaired) electrons. The number of aryl methyl sites for hydroxylation is 1. The maximum absolute atomic E-state index is 13.1. The molecule has 3 unspecified atom stereocenters. The molecule has 0 spiro atoms. The van der Waals surface area contributed by atoms with Gasteiger partial charge in [0.05, 0.1) is 5.56 Å². The minimum atomic E-state index is -4.68. The molecule has 1 saturated carbocycles. The van der Waals surface area contributed by atoms with Crippen LogP contribution >= 0.6 is 0 Å². The molecular weight excluding hydrogens is 343 g/mol. The average Bonchev–Trinajstić information content (AvgIpc) is 3.27. The number of nitrogens with one attached hydrogen (secondary N) is 1. The molecule has 1 heterocycles. The van der Waals surface area contributed by atoms with Crippen molar-refractivity contribution in [3.05, 3.63) is 47.3 Å². The maximum atomic E-state index is 13.1. The van der Waals surface area contributed by atoms with Crippen LogP contribution in [0.2, 0.25) is 0 Å². The van der Waals surface area contributed by atoms with Gasteiger partial charge in [-0.1, -0.05) is 38.5 Å². The van der Waals surface area contributed by atoms with Crippen LogP contribution in [0.25, 0.3) is 0 Å². The number of para-hydroxylation sites is 1. The van der Waals surface area contributed by atoms with Crippen LogP contribution in [0.3, 0.4) is 0 Å². The highest BCUT2D eigenvalue weighted by Crippen LogP contribution is 2.54. The number of hydrogen-bond donors (Lipinski definition) is 1. The molecular formula is C19H22F3N3O. The Morgan fingerprint density at radius 2 is 2.08 bits per heavy atom. The first-order chi connectivity index (χ1) is 12.2. The molecule has 1 N–H and O–H groups in total. The Kier molecular flexibility index (Phi) is 4.82. The average molecular weight is 365 g/mol. The normalized spacial score (nSPS) is 20.7. The number of amides is 1. The summed E-state index contributed by atoms with van der Waals surface area (Å²) < 4.78 is 40.3. The van der Waals surface area contributed by atoms with Gasteiger partial charge in [0, 0.05) is 18.9 Å². The number of alkyl halides is 3. The fraction of sp³-hybridized carbons (Fsp3) is 0.474. The summed E-state index contributed by atoms with van der Waals surface area (Å²) in [5, 5.41) is 6.05. The van der Waals surface area contributed by atoms with Gasteiger partial charge in [0.1, 0.15) is 0 Å². The number of hydrogen-bond acceptors (Lipinski definition) is 2. The highest BCUT2D eigenvalue weighted by Gasteiger charge is 2.43. The number of halogens is 3. The van der Waals surface area contributed by atoms with E-state index in [0.717, 1.165) is 29.3 Å². The molecule has 0 aliphatic heterocycles. The van der Waals surface area contributed by atoms with Crippen LogP contribution in [0.1, 0.15) is 54.2 Å². The lowest BCUT2D eigenvalue weighted by Crippen LogP contribution is -2.18. The van der Waals surface area contributed by atoms with Gasteiger partial charge >= 0.3 is 6.18 Å². The topological polar surface area (TPSA) is 46.9 Å². The van der Waals surface area contributed by atoms with E-state index in [1.165, 1.54) is 7.05 Å². The van der Waals surface area contributed by atoms with Crippen molar-refractivity contribution in [3.63, 3.8) is 0 Å². The smallest absolute Gasteiger partial charge is 0.322 e. The van der Waals surface area contributed by atoms with Crippen molar-refractivity contribution in [1.82, 2.24) is 9.78 Å². The van der Waals surface area contributed by atoms with Gasteiger partial charge in [-0.25, -0.2) is 0 Å². The third-order valence-electron chi connectivity index (χ3n) is 5.17. The first-order valence-corrected chi connectivity index (χ1v) is 8.73. The molecule has 2 aromatic rings. The molecule has 140 valence electrons. The van der Waals surface area contributed by atoms with E-state index in [0.29, 0.717) is 23.4 Å². The summed E-state index contributed by atoms with van der Waals surface area (Å²) in [5.41, 5.74) is -0.0724. The molecule has 1 aliphatic carbocycles. The van der Waals surface area contributed by atoms with E-state index in [-0.39, 0.29) is 0 Å². The molecule has 1 aromatic heterocycles. The Morgan fingerprint density at radius 3 is 2.73 bits per heavy atom. The van der Waals surface area contributed by atoms with Crippen molar-refractivity contribution in [1.29, 1.82) is 0 Å². The zero-order valence-corrected chi connectivity index (χ0v) is 15.0. The zero-order chi connectivity index (χ0) is 19.1. The summed E-state index contributed by atoms with van der Waals surface area (Å²) in [7, 11) is 1.36. The molecule has 1 fully saturated rings. The molecule has 1 aromatic carbocycles. The number of rotatable bonds is 5. The minimum absolute atomic E-state index is 0.345. The predicted octanol–water partition coefficient (Wildman–Crippen LogP) is 4.84. The van der Waals surface area contributed by atoms with E-state index in [4.69, 9.17) is 0 Å². The van der Waals surface area contributed by atoms with Gasteiger partial charge in [0.15, 0.2) is 5.69 Å². The van der Waals surface area contributed by atoms with Crippen LogP contribution in [0.4, 0.5) is 18.9 Å². The Bertz CT molecular complexity index is 813. The number of anilines is 1. The lowest BCUT2D eigenvalue weighted by Gasteiger charge is -2.13. The van der Waals surface area contributed by atoms with Gasteiger partial charge < -0.3 is 5.32 Å². The summed E-state index contributed by atoms with van der Waals surface area (Å²) in [4.78, 5) is 12.5. The second-order valence-corrected chi connectivity index (χ2v) is 7.00. The Balaban J connectivity index is 1.84. The summed E-state index contributed by atoms with van der Waals surface area (Å²) in [6.45, 7) is 4.35. The molecule has 0 bridgehead atoms. The number of benzene rings is 1. The van der Waals surface area contributed by atoms with Crippen molar-refractivity contribution in [2.45, 2.75) is 38.8 Å². The van der Waals surface area contributed by atoms with E-state index >= 15 is 0 Å². The van der Waals surface area contributed by atoms with Crippen molar-refractivity contribution < 1.29 is 18.0 Å². The Hall–Kier alpha value is -2.31. The van der Waals surface area contributed by atoms with Gasteiger partial charge in [-0.3, -0.25) is 9.48 Å². The fourth-order valence-corrected chi connectivity index (χ4v) is 3.49. The molecule has 4 nitrogen and oxygen atoms in total. The van der Waals surface area contributed by atoms with Gasteiger partial charge in [-0.2, -0.15) is 18.3 Å². The zero-order valence-electron chi connectivity index (χ0n) is 15.0. The summed E-state index contributed by atoms with van der Waals surface area (Å²) in [6, 6.07) is 7.34. The molecule has 3 rings (SSSR count). The number of aromatic nitrogens is 2. The lowest BCUT2D eigenvalue weighted by atomic mass is 9.98. The van der Waals surface area contributed by atoms with Crippen LogP contribution in [0.15, 0.2) is 30.5 Å². The van der Waals surface area contributed by atoms with E-state index in [2.05, 4.69) is 24.3 Å². The standard InChI is InChI=1S/C19H22F3N3O/c1-4-11(2)13-9-14(13)12-7-5-6-8-16(12)23-18(26)15-10-25(3)24-17(15)19(20,21)22/h5-8,10-11,13-14H,4,9H2,1-3H3,(H,23,26). The highest BCUT2D eigenvalue weighted by molar-refractivity contribution is 6.05. The minimum Gasteiger partial charge on any atom is -0.322 e. The summed E-state index contributed by atoms with van der Waals surface area (Å²) >= 11 is 0. The van der Waals surface area contributed by atoms with E-state index < -0.39 is 23.3 Å². The van der Waals surface area contributed by atoms with E-state index in [1.807, 2.05) is 12.1 Å². The van der Waals surface area contributed by atoms with E-state index in [1.54, 1.807) is 12.1 Å². The number of nitrogens with zero attached hydrogens (tertiary/aromatic N) is 2. The molecule has 3 atom stereocenters. The van der Waals surface area contributed by atoms with Gasteiger partial charge in [0.25, 0.3) is 5.91 Å². The quantitative estimate of drug-likeness (QED) is 0.824. The highest BCUT2D eigenvalue weighted by atomic mass is 19.4. The molecule has 1 amide bonds.